The van der Waals surface area contributed by atoms with Gasteiger partial charge in [-0.05, 0) is 20.8 Å². The summed E-state index contributed by atoms with van der Waals surface area (Å²) in [6.07, 6.45) is 0. The molecule has 1 fully saturated rings. The van der Waals surface area contributed by atoms with Crippen LogP contribution in [0.5, 0.6) is 0 Å². The van der Waals surface area contributed by atoms with Gasteiger partial charge in [-0.2, -0.15) is 0 Å². The maximum Gasteiger partial charge on any atom is 0.328 e. The molecule has 6 heteroatoms. The lowest BCUT2D eigenvalue weighted by Crippen LogP contribution is -2.53. The number of nitrogens with zero attached hydrogens (tertiary/aromatic N) is 1. The maximum atomic E-state index is 11.8. The molecule has 98 valence electrons. The Balaban J connectivity index is 2.56. The predicted molar refractivity (Wildman–Crippen MR) is 59.7 cm³/mol. The van der Waals surface area contributed by atoms with Gasteiger partial charge in [-0.1, -0.05) is 0 Å². The molecular weight excluding hydrogens is 226 g/mol. The van der Waals surface area contributed by atoms with Crippen LogP contribution >= 0.6 is 0 Å². The molecule has 1 aliphatic heterocycles. The second kappa shape index (κ2) is 5.46. The SMILES string of the molecule is CC(C)(C)OCC(=O)N1CCOCC1C(=O)O. The van der Waals surface area contributed by atoms with Gasteiger partial charge in [0.1, 0.15) is 6.61 Å². The fraction of sp³-hybridized carbons (Fsp3) is 0.818. The minimum atomic E-state index is -1.05. The first-order valence-corrected chi connectivity index (χ1v) is 5.55. The Morgan fingerprint density at radius 1 is 1.47 bits per heavy atom. The van der Waals surface area contributed by atoms with Crippen molar-refractivity contribution in [3.05, 3.63) is 0 Å². The van der Waals surface area contributed by atoms with E-state index in [-0.39, 0.29) is 19.1 Å². The molecular formula is C11H19NO5. The van der Waals surface area contributed by atoms with Gasteiger partial charge in [-0.15, -0.1) is 0 Å². The van der Waals surface area contributed by atoms with Gasteiger partial charge < -0.3 is 19.5 Å². The summed E-state index contributed by atoms with van der Waals surface area (Å²) in [5.41, 5.74) is -0.416. The monoisotopic (exact) mass is 245 g/mol. The average molecular weight is 245 g/mol. The number of carbonyl (C=O) groups is 2. The van der Waals surface area contributed by atoms with E-state index in [2.05, 4.69) is 0 Å². The number of rotatable bonds is 3. The highest BCUT2D eigenvalue weighted by Gasteiger charge is 2.33. The number of aliphatic carboxylic acids is 1. The summed E-state index contributed by atoms with van der Waals surface area (Å²) < 4.78 is 10.4. The number of carbonyl (C=O) groups excluding carboxylic acids is 1. The summed E-state index contributed by atoms with van der Waals surface area (Å²) in [5.74, 6) is -1.36. The summed E-state index contributed by atoms with van der Waals surface area (Å²) >= 11 is 0. The molecule has 17 heavy (non-hydrogen) atoms. The van der Waals surface area contributed by atoms with Crippen LogP contribution in [0.1, 0.15) is 20.8 Å². The topological polar surface area (TPSA) is 76.1 Å². The first-order valence-electron chi connectivity index (χ1n) is 5.55. The van der Waals surface area contributed by atoms with Gasteiger partial charge in [-0.3, -0.25) is 4.79 Å². The lowest BCUT2D eigenvalue weighted by molar-refractivity contribution is -0.162. The summed E-state index contributed by atoms with van der Waals surface area (Å²) in [7, 11) is 0. The zero-order valence-corrected chi connectivity index (χ0v) is 10.4. The Morgan fingerprint density at radius 3 is 2.65 bits per heavy atom. The molecule has 1 amide bonds. The number of carboxylic acid groups (broad SMARTS) is 1. The van der Waals surface area contributed by atoms with Crippen molar-refractivity contribution >= 4 is 11.9 Å². The van der Waals surface area contributed by atoms with E-state index in [4.69, 9.17) is 14.6 Å². The van der Waals surface area contributed by atoms with Gasteiger partial charge in [0.15, 0.2) is 6.04 Å². The van der Waals surface area contributed by atoms with Crippen LogP contribution in [0, 0.1) is 0 Å². The molecule has 0 spiro atoms. The van der Waals surface area contributed by atoms with Crippen LogP contribution in [0.3, 0.4) is 0 Å². The largest absolute Gasteiger partial charge is 0.480 e. The minimum Gasteiger partial charge on any atom is -0.480 e. The summed E-state index contributed by atoms with van der Waals surface area (Å²) in [4.78, 5) is 24.1. The molecule has 1 atom stereocenters. The Morgan fingerprint density at radius 2 is 2.12 bits per heavy atom. The molecule has 1 aliphatic rings. The van der Waals surface area contributed by atoms with Crippen molar-refractivity contribution < 1.29 is 24.2 Å². The molecule has 1 rings (SSSR count). The van der Waals surface area contributed by atoms with Gasteiger partial charge in [0.2, 0.25) is 5.91 Å². The smallest absolute Gasteiger partial charge is 0.328 e. The second-order valence-corrected chi connectivity index (χ2v) is 4.92. The van der Waals surface area contributed by atoms with Crippen molar-refractivity contribution in [2.45, 2.75) is 32.4 Å². The number of hydrogen-bond donors (Lipinski definition) is 1. The van der Waals surface area contributed by atoms with Crippen LogP contribution in [-0.2, 0) is 19.1 Å². The molecule has 0 aromatic rings. The highest BCUT2D eigenvalue weighted by molar-refractivity contribution is 5.84. The Kier molecular flexibility index (Phi) is 4.47. The molecule has 1 saturated heterocycles. The standard InChI is InChI=1S/C11H19NO5/c1-11(2,3)17-7-9(13)12-4-5-16-6-8(12)10(14)15/h8H,4-7H2,1-3H3,(H,14,15). The zero-order chi connectivity index (χ0) is 13.1. The van der Waals surface area contributed by atoms with Gasteiger partial charge in [0.25, 0.3) is 0 Å². The first kappa shape index (κ1) is 13.9. The van der Waals surface area contributed by atoms with Crippen LogP contribution in [0.15, 0.2) is 0 Å². The molecule has 0 aliphatic carbocycles. The zero-order valence-electron chi connectivity index (χ0n) is 10.4. The second-order valence-electron chi connectivity index (χ2n) is 4.92. The molecule has 1 N–H and O–H groups in total. The lowest BCUT2D eigenvalue weighted by Gasteiger charge is -2.33. The third kappa shape index (κ3) is 4.32. The molecule has 1 heterocycles. The third-order valence-electron chi connectivity index (χ3n) is 2.36. The van der Waals surface area contributed by atoms with Crippen molar-refractivity contribution in [2.24, 2.45) is 0 Å². The van der Waals surface area contributed by atoms with Crippen molar-refractivity contribution in [1.29, 1.82) is 0 Å². The van der Waals surface area contributed by atoms with Crippen molar-refractivity contribution in [3.63, 3.8) is 0 Å². The summed E-state index contributed by atoms with van der Waals surface area (Å²) in [5, 5.41) is 8.97. The number of ether oxygens (including phenoxy) is 2. The molecule has 0 saturated carbocycles. The predicted octanol–water partition coefficient (Wildman–Crippen LogP) is 0.114. The van der Waals surface area contributed by atoms with E-state index < -0.39 is 17.6 Å². The molecule has 0 aromatic heterocycles. The van der Waals surface area contributed by atoms with Crippen LogP contribution in [-0.4, -0.2) is 59.9 Å². The number of morpholine rings is 1. The Hall–Kier alpha value is -1.14. The fourth-order valence-corrected chi connectivity index (χ4v) is 1.47. The first-order chi connectivity index (χ1) is 7.81. The minimum absolute atomic E-state index is 0.0383. The van der Waals surface area contributed by atoms with E-state index in [0.717, 1.165) is 0 Å². The van der Waals surface area contributed by atoms with Crippen molar-refractivity contribution in [2.75, 3.05) is 26.4 Å². The van der Waals surface area contributed by atoms with Gasteiger partial charge in [0.05, 0.1) is 18.8 Å². The molecule has 0 radical (unpaired) electrons. The van der Waals surface area contributed by atoms with Gasteiger partial charge in [-0.25, -0.2) is 4.79 Å². The van der Waals surface area contributed by atoms with Crippen LogP contribution in [0.4, 0.5) is 0 Å². The number of carboxylic acids is 1. The van der Waals surface area contributed by atoms with E-state index in [9.17, 15) is 9.59 Å². The molecule has 0 aromatic carbocycles. The summed E-state index contributed by atoms with van der Waals surface area (Å²) in [6.45, 7) is 6.12. The Labute approximate surface area is 100 Å². The van der Waals surface area contributed by atoms with Crippen LogP contribution < -0.4 is 0 Å². The van der Waals surface area contributed by atoms with E-state index >= 15 is 0 Å². The van der Waals surface area contributed by atoms with E-state index in [0.29, 0.717) is 13.2 Å². The fourth-order valence-electron chi connectivity index (χ4n) is 1.47. The van der Waals surface area contributed by atoms with E-state index in [1.807, 2.05) is 20.8 Å². The number of amides is 1. The summed E-state index contributed by atoms with van der Waals surface area (Å²) in [6, 6.07) is -0.903. The molecule has 6 nitrogen and oxygen atoms in total. The lowest BCUT2D eigenvalue weighted by atomic mass is 10.2. The van der Waals surface area contributed by atoms with E-state index in [1.165, 1.54) is 4.90 Å². The molecule has 1 unspecified atom stereocenters. The third-order valence-corrected chi connectivity index (χ3v) is 2.36. The quantitative estimate of drug-likeness (QED) is 0.764. The normalized spacial score (nSPS) is 21.4. The Bertz CT molecular complexity index is 297. The van der Waals surface area contributed by atoms with Gasteiger partial charge >= 0.3 is 5.97 Å². The highest BCUT2D eigenvalue weighted by atomic mass is 16.5. The molecule has 0 bridgehead atoms. The van der Waals surface area contributed by atoms with Crippen molar-refractivity contribution in [3.8, 4) is 0 Å². The average Bonchev–Trinajstić information content (AvgIpc) is 2.25. The van der Waals surface area contributed by atoms with E-state index in [1.54, 1.807) is 0 Å². The van der Waals surface area contributed by atoms with Gasteiger partial charge in [0, 0.05) is 6.54 Å². The van der Waals surface area contributed by atoms with Crippen LogP contribution in [0.25, 0.3) is 0 Å². The highest BCUT2D eigenvalue weighted by Crippen LogP contribution is 2.11. The van der Waals surface area contributed by atoms with Crippen molar-refractivity contribution in [1.82, 2.24) is 4.90 Å². The maximum absolute atomic E-state index is 11.8. The van der Waals surface area contributed by atoms with Crippen LogP contribution in [0.2, 0.25) is 0 Å². The number of hydrogen-bond acceptors (Lipinski definition) is 4.